The number of allylic oxidation sites excluding steroid dienone is 1. The molecule has 200 valence electrons. The third kappa shape index (κ3) is 3.24. The minimum Gasteiger partial charge on any atom is -0.463 e. The molecular weight excluding hydrogens is 632 g/mol. The fourth-order valence-electron chi connectivity index (χ4n) is 7.55. The molecule has 2 unspecified atom stereocenters. The number of anilines is 2. The number of carbonyl (C=O) groups is 5. The summed E-state index contributed by atoms with van der Waals surface area (Å²) in [4.78, 5) is 72.3. The monoisotopic (exact) mass is 654 g/mol. The summed E-state index contributed by atoms with van der Waals surface area (Å²) in [6.45, 7) is 5.18. The first kappa shape index (κ1) is 26.1. The van der Waals surface area contributed by atoms with Crippen LogP contribution >= 0.6 is 31.9 Å². The van der Waals surface area contributed by atoms with Crippen LogP contribution in [0.15, 0.2) is 68.6 Å². The van der Waals surface area contributed by atoms with Gasteiger partial charge in [0.05, 0.1) is 41.7 Å². The molecule has 5 aliphatic rings. The van der Waals surface area contributed by atoms with E-state index in [9.17, 15) is 24.0 Å². The van der Waals surface area contributed by atoms with Crippen molar-refractivity contribution in [3.63, 3.8) is 0 Å². The Bertz CT molecular complexity index is 1440. The smallest absolute Gasteiger partial charge is 0.334 e. The number of para-hydroxylation sites is 2. The maximum atomic E-state index is 14.2. The van der Waals surface area contributed by atoms with E-state index in [-0.39, 0.29) is 12.2 Å². The quantitative estimate of drug-likeness (QED) is 0.351. The summed E-state index contributed by atoms with van der Waals surface area (Å²) in [6.07, 6.45) is 0. The number of imide groups is 2. The number of amides is 4. The standard InChI is InChI=1S/C29H24Br2N2O6/c1-4-39-28(38)21-13(2)18-19-22(26(36)32(24(19)34)16-11-7-5-9-14(16)30)29(21,3)23-20(18)25(35)33(27(23)37)17-12-8-6-10-15(17)31/h5-12,18-20,22-23H,4H2,1-3H3/t18?,19-,20-,22-,23+,29?/m1/s1. The van der Waals surface area contributed by atoms with Gasteiger partial charge in [-0.2, -0.15) is 0 Å². The SMILES string of the molecule is CCOC(=O)C1=C(C)C2[C@H]3C(=O)N(c4ccccc4Br)C(=O)[C@H]3C1(C)[C@H]1C(=O)N(c3ccccc3Br)C(=O)[C@H]21. The Hall–Kier alpha value is -3.11. The number of rotatable bonds is 4. The van der Waals surface area contributed by atoms with Gasteiger partial charge in [0.15, 0.2) is 0 Å². The van der Waals surface area contributed by atoms with Crippen LogP contribution in [-0.2, 0) is 28.7 Å². The Labute approximate surface area is 241 Å². The van der Waals surface area contributed by atoms with Crippen LogP contribution in [0.2, 0.25) is 0 Å². The molecule has 10 heteroatoms. The first-order chi connectivity index (χ1) is 18.6. The summed E-state index contributed by atoms with van der Waals surface area (Å²) in [7, 11) is 0. The fourth-order valence-corrected chi connectivity index (χ4v) is 8.47. The van der Waals surface area contributed by atoms with Gasteiger partial charge in [0.1, 0.15) is 0 Å². The van der Waals surface area contributed by atoms with Crippen molar-refractivity contribution >= 4 is 72.8 Å². The second-order valence-electron chi connectivity index (χ2n) is 10.5. The second-order valence-corrected chi connectivity index (χ2v) is 12.2. The van der Waals surface area contributed by atoms with Crippen LogP contribution in [0.5, 0.6) is 0 Å². The van der Waals surface area contributed by atoms with E-state index in [2.05, 4.69) is 31.9 Å². The number of benzene rings is 2. The van der Waals surface area contributed by atoms with E-state index in [1.54, 1.807) is 69.3 Å². The molecule has 6 atom stereocenters. The molecule has 3 aliphatic carbocycles. The Morgan fingerprint density at radius 3 is 1.64 bits per heavy atom. The van der Waals surface area contributed by atoms with Gasteiger partial charge in [-0.25, -0.2) is 14.6 Å². The maximum Gasteiger partial charge on any atom is 0.334 e. The lowest BCUT2D eigenvalue weighted by atomic mass is 9.43. The van der Waals surface area contributed by atoms with Gasteiger partial charge in [-0.05, 0) is 70.0 Å². The largest absolute Gasteiger partial charge is 0.463 e. The first-order valence-corrected chi connectivity index (χ1v) is 14.3. The Morgan fingerprint density at radius 1 is 0.795 bits per heavy atom. The van der Waals surface area contributed by atoms with E-state index in [4.69, 9.17) is 4.74 Å². The van der Waals surface area contributed by atoms with Crippen molar-refractivity contribution in [1.82, 2.24) is 0 Å². The molecule has 7 rings (SSSR count). The van der Waals surface area contributed by atoms with Crippen molar-refractivity contribution in [2.45, 2.75) is 20.8 Å². The lowest BCUT2D eigenvalue weighted by Gasteiger charge is -2.55. The molecule has 0 N–H and O–H groups in total. The average Bonchev–Trinajstić information content (AvgIpc) is 3.31. The molecule has 0 radical (unpaired) electrons. The Kier molecular flexibility index (Phi) is 6.00. The molecule has 3 fully saturated rings. The van der Waals surface area contributed by atoms with Gasteiger partial charge in [-0.1, -0.05) is 36.8 Å². The normalized spacial score (nSPS) is 31.3. The first-order valence-electron chi connectivity index (χ1n) is 12.7. The maximum absolute atomic E-state index is 14.2. The highest BCUT2D eigenvalue weighted by molar-refractivity contribution is 9.11. The number of carbonyl (C=O) groups excluding carboxylic acids is 5. The summed E-state index contributed by atoms with van der Waals surface area (Å²) in [5, 5.41) is 0. The van der Waals surface area contributed by atoms with Gasteiger partial charge < -0.3 is 4.74 Å². The van der Waals surface area contributed by atoms with E-state index in [0.717, 1.165) is 9.80 Å². The molecule has 4 amide bonds. The van der Waals surface area contributed by atoms with Gasteiger partial charge in [0.2, 0.25) is 23.6 Å². The van der Waals surface area contributed by atoms with Crippen molar-refractivity contribution in [3.05, 3.63) is 68.6 Å². The molecule has 0 aromatic heterocycles. The van der Waals surface area contributed by atoms with Crippen LogP contribution in [-0.4, -0.2) is 36.2 Å². The molecular formula is C29H24Br2N2O6. The Balaban J connectivity index is 1.57. The fraction of sp³-hybridized carbons (Fsp3) is 0.345. The third-order valence-corrected chi connectivity index (χ3v) is 10.2. The predicted molar refractivity (Wildman–Crippen MR) is 148 cm³/mol. The third-order valence-electron chi connectivity index (χ3n) is 8.87. The van der Waals surface area contributed by atoms with Gasteiger partial charge in [0.25, 0.3) is 0 Å². The number of nitrogens with zero attached hydrogens (tertiary/aromatic N) is 2. The topological polar surface area (TPSA) is 101 Å². The van der Waals surface area contributed by atoms with Gasteiger partial charge in [-0.15, -0.1) is 0 Å². The van der Waals surface area contributed by atoms with Gasteiger partial charge in [-0.3, -0.25) is 19.2 Å². The molecule has 1 saturated carbocycles. The molecule has 8 nitrogen and oxygen atoms in total. The van der Waals surface area contributed by atoms with Crippen LogP contribution in [0.1, 0.15) is 20.8 Å². The zero-order valence-corrected chi connectivity index (χ0v) is 24.5. The zero-order valence-electron chi connectivity index (χ0n) is 21.3. The van der Waals surface area contributed by atoms with Crippen LogP contribution in [0.4, 0.5) is 11.4 Å². The minimum atomic E-state index is -1.44. The average molecular weight is 656 g/mol. The number of ether oxygens (including phenoxy) is 1. The van der Waals surface area contributed by atoms with Crippen molar-refractivity contribution in [2.75, 3.05) is 16.4 Å². The molecule has 0 spiro atoms. The van der Waals surface area contributed by atoms with Crippen LogP contribution in [0, 0.1) is 35.0 Å². The number of hydrogen-bond donors (Lipinski definition) is 0. The highest BCUT2D eigenvalue weighted by Crippen LogP contribution is 2.69. The van der Waals surface area contributed by atoms with Crippen molar-refractivity contribution in [3.8, 4) is 0 Å². The molecule has 2 aliphatic heterocycles. The summed E-state index contributed by atoms with van der Waals surface area (Å²) in [5.41, 5.74) is 0.0907. The van der Waals surface area contributed by atoms with Gasteiger partial charge >= 0.3 is 5.97 Å². The van der Waals surface area contributed by atoms with E-state index < -0.39 is 64.6 Å². The van der Waals surface area contributed by atoms with E-state index >= 15 is 0 Å². The van der Waals surface area contributed by atoms with Crippen molar-refractivity contribution in [2.24, 2.45) is 35.0 Å². The number of halogens is 2. The summed E-state index contributed by atoms with van der Waals surface area (Å²) >= 11 is 6.89. The highest BCUT2D eigenvalue weighted by Gasteiger charge is 2.77. The summed E-state index contributed by atoms with van der Waals surface area (Å²) < 4.78 is 6.54. The summed E-state index contributed by atoms with van der Waals surface area (Å²) in [5.74, 6) is -7.11. The van der Waals surface area contributed by atoms with Crippen LogP contribution in [0.25, 0.3) is 0 Å². The lowest BCUT2D eigenvalue weighted by molar-refractivity contribution is -0.155. The molecule has 2 bridgehead atoms. The number of hydrogen-bond acceptors (Lipinski definition) is 6. The molecule has 2 saturated heterocycles. The van der Waals surface area contributed by atoms with Crippen molar-refractivity contribution < 1.29 is 28.7 Å². The van der Waals surface area contributed by atoms with Crippen LogP contribution in [0.3, 0.4) is 0 Å². The molecule has 2 aromatic carbocycles. The number of esters is 1. The predicted octanol–water partition coefficient (Wildman–Crippen LogP) is 4.65. The minimum absolute atomic E-state index is 0.102. The second kappa shape index (κ2) is 8.96. The molecule has 39 heavy (non-hydrogen) atoms. The van der Waals surface area contributed by atoms with E-state index in [1.807, 2.05) is 0 Å². The van der Waals surface area contributed by atoms with Gasteiger partial charge in [0, 0.05) is 25.9 Å². The Morgan fingerprint density at radius 2 is 1.23 bits per heavy atom. The summed E-state index contributed by atoms with van der Waals surface area (Å²) in [6, 6.07) is 13.8. The lowest BCUT2D eigenvalue weighted by Crippen LogP contribution is -2.61. The zero-order chi connectivity index (χ0) is 28.0. The van der Waals surface area contributed by atoms with Crippen molar-refractivity contribution in [1.29, 1.82) is 0 Å². The molecule has 2 aromatic rings. The molecule has 2 heterocycles. The van der Waals surface area contributed by atoms with E-state index in [0.29, 0.717) is 25.9 Å². The van der Waals surface area contributed by atoms with E-state index in [1.165, 1.54) is 0 Å². The highest BCUT2D eigenvalue weighted by atomic mass is 79.9. The van der Waals surface area contributed by atoms with Crippen LogP contribution < -0.4 is 9.80 Å².